The van der Waals surface area contributed by atoms with Gasteiger partial charge < -0.3 is 10.6 Å². The number of hydrogen-bond acceptors (Lipinski definition) is 3. The van der Waals surface area contributed by atoms with Crippen molar-refractivity contribution in [2.75, 3.05) is 26.2 Å². The zero-order valence-corrected chi connectivity index (χ0v) is 13.9. The number of nitrogens with one attached hydrogen (secondary N) is 2. The van der Waals surface area contributed by atoms with E-state index in [0.29, 0.717) is 6.54 Å². The smallest absolute Gasteiger partial charge is 0.224 e. The van der Waals surface area contributed by atoms with Gasteiger partial charge in [-0.2, -0.15) is 0 Å². The van der Waals surface area contributed by atoms with Gasteiger partial charge in [0.05, 0.1) is 5.92 Å². The maximum atomic E-state index is 13.8. The lowest BCUT2D eigenvalue weighted by Crippen LogP contribution is -2.50. The second-order valence-electron chi connectivity index (χ2n) is 6.83. The van der Waals surface area contributed by atoms with Crippen LogP contribution in [0, 0.1) is 17.6 Å². The molecule has 0 radical (unpaired) electrons. The van der Waals surface area contributed by atoms with Gasteiger partial charge in [0, 0.05) is 31.2 Å². The van der Waals surface area contributed by atoms with Crippen LogP contribution < -0.4 is 10.6 Å². The highest BCUT2D eigenvalue weighted by Crippen LogP contribution is 2.19. The first kappa shape index (κ1) is 17.3. The average molecular weight is 337 g/mol. The number of benzene rings is 1. The molecule has 0 spiro atoms. The molecule has 1 aromatic rings. The van der Waals surface area contributed by atoms with E-state index in [1.807, 2.05) is 4.90 Å². The monoisotopic (exact) mass is 337 g/mol. The molecule has 2 heterocycles. The van der Waals surface area contributed by atoms with E-state index >= 15 is 0 Å². The van der Waals surface area contributed by atoms with Gasteiger partial charge in [0.1, 0.15) is 11.6 Å². The highest BCUT2D eigenvalue weighted by Gasteiger charge is 2.27. The summed E-state index contributed by atoms with van der Waals surface area (Å²) in [7, 11) is 0. The fourth-order valence-electron chi connectivity index (χ4n) is 3.62. The lowest BCUT2D eigenvalue weighted by Gasteiger charge is -2.34. The summed E-state index contributed by atoms with van der Waals surface area (Å²) in [5.41, 5.74) is 0.112. The zero-order valence-electron chi connectivity index (χ0n) is 13.9. The lowest BCUT2D eigenvalue weighted by molar-refractivity contribution is -0.126. The number of hydrogen-bond donors (Lipinski definition) is 2. The van der Waals surface area contributed by atoms with Crippen molar-refractivity contribution in [1.82, 2.24) is 15.5 Å². The molecule has 2 fully saturated rings. The Bertz CT molecular complexity index is 555. The molecule has 24 heavy (non-hydrogen) atoms. The van der Waals surface area contributed by atoms with Gasteiger partial charge in [-0.05, 0) is 50.9 Å². The minimum absolute atomic E-state index is 0.0399. The van der Waals surface area contributed by atoms with E-state index in [4.69, 9.17) is 0 Å². The lowest BCUT2D eigenvalue weighted by atomic mass is 9.97. The van der Waals surface area contributed by atoms with E-state index in [1.54, 1.807) is 0 Å². The Kier molecular flexibility index (Phi) is 5.79. The van der Waals surface area contributed by atoms with Crippen molar-refractivity contribution in [3.05, 3.63) is 35.4 Å². The van der Waals surface area contributed by atoms with Crippen LogP contribution in [0.2, 0.25) is 0 Å². The third kappa shape index (κ3) is 4.30. The summed E-state index contributed by atoms with van der Waals surface area (Å²) >= 11 is 0. The number of nitrogens with zero attached hydrogens (tertiary/aromatic N) is 1. The average Bonchev–Trinajstić information content (AvgIpc) is 2.59. The molecule has 1 aromatic carbocycles. The van der Waals surface area contributed by atoms with E-state index in [1.165, 1.54) is 18.2 Å². The maximum absolute atomic E-state index is 13.8. The van der Waals surface area contributed by atoms with Gasteiger partial charge in [-0.15, -0.1) is 0 Å². The topological polar surface area (TPSA) is 44.4 Å². The quantitative estimate of drug-likeness (QED) is 0.884. The Morgan fingerprint density at radius 3 is 2.75 bits per heavy atom. The molecule has 3 rings (SSSR count). The summed E-state index contributed by atoms with van der Waals surface area (Å²) in [6, 6.07) is 4.02. The van der Waals surface area contributed by atoms with Crippen molar-refractivity contribution in [2.45, 2.75) is 38.3 Å². The molecule has 2 unspecified atom stereocenters. The standard InChI is InChI=1S/C18H25F2N3O/c19-16-6-1-7-17(20)15(16)12-23-9-3-5-14(11-23)22-18(24)13-4-2-8-21-10-13/h1,6-7,13-14,21H,2-5,8-12H2,(H,22,24). The molecule has 2 atom stereocenters. The van der Waals surface area contributed by atoms with Crippen LogP contribution in [0.5, 0.6) is 0 Å². The third-order valence-electron chi connectivity index (χ3n) is 4.96. The molecule has 132 valence electrons. The first-order valence-corrected chi connectivity index (χ1v) is 8.80. The summed E-state index contributed by atoms with van der Waals surface area (Å²) in [6.45, 7) is 3.40. The highest BCUT2D eigenvalue weighted by molar-refractivity contribution is 5.79. The molecule has 6 heteroatoms. The van der Waals surface area contributed by atoms with Crippen LogP contribution in [0.4, 0.5) is 8.78 Å². The number of halogens is 2. The van der Waals surface area contributed by atoms with E-state index in [-0.39, 0.29) is 30.0 Å². The summed E-state index contributed by atoms with van der Waals surface area (Å²) in [6.07, 6.45) is 3.79. The largest absolute Gasteiger partial charge is 0.352 e. The van der Waals surface area contributed by atoms with Gasteiger partial charge >= 0.3 is 0 Å². The summed E-state index contributed by atoms with van der Waals surface area (Å²) in [5.74, 6) is -0.867. The Morgan fingerprint density at radius 1 is 1.25 bits per heavy atom. The Morgan fingerprint density at radius 2 is 2.04 bits per heavy atom. The Labute approximate surface area is 141 Å². The molecular weight excluding hydrogens is 312 g/mol. The van der Waals surface area contributed by atoms with Crippen LogP contribution in [0.3, 0.4) is 0 Å². The van der Waals surface area contributed by atoms with Gasteiger partial charge in [0.15, 0.2) is 0 Å². The van der Waals surface area contributed by atoms with Crippen LogP contribution in [0.1, 0.15) is 31.2 Å². The van der Waals surface area contributed by atoms with E-state index in [2.05, 4.69) is 10.6 Å². The number of rotatable bonds is 4. The van der Waals surface area contributed by atoms with E-state index in [9.17, 15) is 13.6 Å². The minimum atomic E-state index is -0.505. The zero-order chi connectivity index (χ0) is 16.9. The summed E-state index contributed by atoms with van der Waals surface area (Å²) in [5, 5.41) is 6.38. The molecule has 2 saturated heterocycles. The molecule has 0 aromatic heterocycles. The van der Waals surface area contributed by atoms with E-state index in [0.717, 1.165) is 45.3 Å². The number of carbonyl (C=O) groups excluding carboxylic acids is 1. The molecule has 0 saturated carbocycles. The third-order valence-corrected chi connectivity index (χ3v) is 4.96. The number of likely N-dealkylation sites (tertiary alicyclic amines) is 1. The predicted molar refractivity (Wildman–Crippen MR) is 88.4 cm³/mol. The van der Waals surface area contributed by atoms with Crippen LogP contribution in [-0.4, -0.2) is 43.0 Å². The van der Waals surface area contributed by atoms with Crippen molar-refractivity contribution in [3.8, 4) is 0 Å². The first-order chi connectivity index (χ1) is 11.6. The molecular formula is C18H25F2N3O. The summed E-state index contributed by atoms with van der Waals surface area (Å²) < 4.78 is 27.6. The van der Waals surface area contributed by atoms with Crippen LogP contribution in [0.15, 0.2) is 18.2 Å². The summed E-state index contributed by atoms with van der Waals surface area (Å²) in [4.78, 5) is 14.4. The highest BCUT2D eigenvalue weighted by atomic mass is 19.1. The molecule has 2 aliphatic rings. The first-order valence-electron chi connectivity index (χ1n) is 8.80. The number of amides is 1. The van der Waals surface area contributed by atoms with Gasteiger partial charge in [-0.1, -0.05) is 6.07 Å². The van der Waals surface area contributed by atoms with Gasteiger partial charge in [0.25, 0.3) is 0 Å². The predicted octanol–water partition coefficient (Wildman–Crippen LogP) is 2.04. The van der Waals surface area contributed by atoms with Crippen molar-refractivity contribution in [1.29, 1.82) is 0 Å². The van der Waals surface area contributed by atoms with Crippen LogP contribution in [0.25, 0.3) is 0 Å². The van der Waals surface area contributed by atoms with Crippen molar-refractivity contribution in [2.24, 2.45) is 5.92 Å². The molecule has 0 bridgehead atoms. The van der Waals surface area contributed by atoms with Gasteiger partial charge in [-0.25, -0.2) is 8.78 Å². The van der Waals surface area contributed by atoms with Crippen LogP contribution in [-0.2, 0) is 11.3 Å². The number of piperidine rings is 2. The fraction of sp³-hybridized carbons (Fsp3) is 0.611. The SMILES string of the molecule is O=C(NC1CCCN(Cc2c(F)cccc2F)C1)C1CCCNC1. The normalized spacial score (nSPS) is 25.4. The Balaban J connectivity index is 1.55. The molecule has 4 nitrogen and oxygen atoms in total. The molecule has 2 aliphatic heterocycles. The maximum Gasteiger partial charge on any atom is 0.224 e. The second-order valence-corrected chi connectivity index (χ2v) is 6.83. The van der Waals surface area contributed by atoms with Crippen molar-refractivity contribution < 1.29 is 13.6 Å². The van der Waals surface area contributed by atoms with E-state index < -0.39 is 11.6 Å². The van der Waals surface area contributed by atoms with Crippen LogP contribution >= 0.6 is 0 Å². The molecule has 0 aliphatic carbocycles. The van der Waals surface area contributed by atoms with Crippen molar-refractivity contribution >= 4 is 5.91 Å². The Hall–Kier alpha value is -1.53. The second kappa shape index (κ2) is 8.03. The van der Waals surface area contributed by atoms with Gasteiger partial charge in [0.2, 0.25) is 5.91 Å². The molecule has 1 amide bonds. The number of carbonyl (C=O) groups is 1. The molecule has 2 N–H and O–H groups in total. The van der Waals surface area contributed by atoms with Crippen molar-refractivity contribution in [3.63, 3.8) is 0 Å². The minimum Gasteiger partial charge on any atom is -0.352 e. The fourth-order valence-corrected chi connectivity index (χ4v) is 3.62. The van der Waals surface area contributed by atoms with Gasteiger partial charge in [-0.3, -0.25) is 9.69 Å².